The van der Waals surface area contributed by atoms with Crippen LogP contribution in [0.3, 0.4) is 0 Å². The van der Waals surface area contributed by atoms with Crippen LogP contribution in [0.4, 0.5) is 5.95 Å². The smallest absolute Gasteiger partial charge is 0.406 e. The lowest BCUT2D eigenvalue weighted by Crippen LogP contribution is -2.44. The lowest BCUT2D eigenvalue weighted by atomic mass is 9.96. The third-order valence-electron chi connectivity index (χ3n) is 6.33. The summed E-state index contributed by atoms with van der Waals surface area (Å²) in [5.74, 6) is -1.58. The Kier molecular flexibility index (Phi) is 11.4. The average Bonchev–Trinajstić information content (AvgIpc) is 3.42. The Morgan fingerprint density at radius 1 is 1.26 bits per heavy atom. The van der Waals surface area contributed by atoms with E-state index in [2.05, 4.69) is 20.0 Å². The number of methoxy groups -OCH3 is 1. The van der Waals surface area contributed by atoms with Crippen molar-refractivity contribution < 1.29 is 52.4 Å². The van der Waals surface area contributed by atoms with Gasteiger partial charge in [0.15, 0.2) is 24.0 Å². The Bertz CT molecular complexity index is 1320. The topological polar surface area (TPSA) is 229 Å². The monoisotopic (exact) mass is 632 g/mol. The predicted molar refractivity (Wildman–Crippen MR) is 151 cm³/mol. The van der Waals surface area contributed by atoms with Crippen LogP contribution in [-0.4, -0.2) is 98.6 Å². The molecule has 1 aliphatic rings. The molecule has 2 unspecified atom stereocenters. The van der Waals surface area contributed by atoms with Crippen molar-refractivity contribution in [3.05, 3.63) is 6.33 Å². The number of nitrogens with two attached hydrogens (primary N) is 1. The average molecular weight is 633 g/mol. The maximum absolute atomic E-state index is 13.9. The first kappa shape index (κ1) is 34.6. The molecule has 1 fully saturated rings. The van der Waals surface area contributed by atoms with E-state index in [0.29, 0.717) is 0 Å². The summed E-state index contributed by atoms with van der Waals surface area (Å²) in [6.45, 7) is 8.65. The molecule has 17 nitrogen and oxygen atoms in total. The summed E-state index contributed by atoms with van der Waals surface area (Å²) in [5, 5.41) is 24.9. The summed E-state index contributed by atoms with van der Waals surface area (Å²) in [5.41, 5.74) is 4.26. The summed E-state index contributed by atoms with van der Waals surface area (Å²) < 4.78 is 47.5. The molecule has 6 atom stereocenters. The standard InChI is InChI=1S/C25H41N6O11P/c1-8-38-17(32)11-40-43(36,30-15(9-13(2)3)22(34)41-14(4)5)39-10-16-19(33)25(6,35)23(42-16)31-12-27-18-20(31)28-24(26)29-21(18)37-7/h12-16,19,23,33,35H,8-11H2,1-7H3,(H,30,36)(H2,26,28,29)/t15-,16+,19?,23+,25+,43?/m0/s1. The molecule has 0 aliphatic carbocycles. The minimum atomic E-state index is -4.46. The van der Waals surface area contributed by atoms with Crippen LogP contribution in [0.2, 0.25) is 0 Å². The van der Waals surface area contributed by atoms with Crippen LogP contribution in [0.5, 0.6) is 5.88 Å². The van der Waals surface area contributed by atoms with Crippen LogP contribution in [0.25, 0.3) is 11.2 Å². The van der Waals surface area contributed by atoms with Gasteiger partial charge in [-0.2, -0.15) is 9.97 Å². The molecule has 0 radical (unpaired) electrons. The second-order valence-electron chi connectivity index (χ2n) is 10.8. The van der Waals surface area contributed by atoms with Crippen LogP contribution in [0, 0.1) is 5.92 Å². The Morgan fingerprint density at radius 3 is 2.56 bits per heavy atom. The molecule has 1 aliphatic heterocycles. The maximum Gasteiger partial charge on any atom is 0.406 e. The number of nitrogen functional groups attached to an aromatic ring is 1. The number of aliphatic hydroxyl groups excluding tert-OH is 1. The molecule has 5 N–H and O–H groups in total. The molecule has 43 heavy (non-hydrogen) atoms. The van der Waals surface area contributed by atoms with Crippen molar-refractivity contribution in [2.75, 3.05) is 32.7 Å². The van der Waals surface area contributed by atoms with E-state index >= 15 is 0 Å². The van der Waals surface area contributed by atoms with E-state index in [9.17, 15) is 24.4 Å². The molecule has 0 aromatic carbocycles. The van der Waals surface area contributed by atoms with Gasteiger partial charge in [-0.25, -0.2) is 19.4 Å². The first-order valence-corrected chi connectivity index (χ1v) is 15.3. The number of nitrogens with one attached hydrogen (secondary N) is 1. The van der Waals surface area contributed by atoms with Crippen LogP contribution in [0.1, 0.15) is 54.2 Å². The van der Waals surface area contributed by atoms with Crippen LogP contribution in [-0.2, 0) is 37.4 Å². The first-order chi connectivity index (χ1) is 20.1. The van der Waals surface area contributed by atoms with Crippen LogP contribution >= 0.6 is 7.75 Å². The van der Waals surface area contributed by atoms with Gasteiger partial charge in [0.25, 0.3) is 0 Å². The highest BCUT2D eigenvalue weighted by atomic mass is 31.2. The fourth-order valence-electron chi connectivity index (χ4n) is 4.40. The van der Waals surface area contributed by atoms with E-state index in [-0.39, 0.29) is 41.9 Å². The largest absolute Gasteiger partial charge is 0.479 e. The molecule has 18 heteroatoms. The van der Waals surface area contributed by atoms with Gasteiger partial charge in [-0.05, 0) is 40.0 Å². The second-order valence-corrected chi connectivity index (χ2v) is 12.6. The Hall–Kier alpha value is -2.92. The lowest BCUT2D eigenvalue weighted by Gasteiger charge is -2.28. The molecule has 2 aromatic rings. The molecule has 2 aromatic heterocycles. The number of aromatic nitrogens is 4. The molecular weight excluding hydrogens is 591 g/mol. The van der Waals surface area contributed by atoms with Crippen molar-refractivity contribution in [2.45, 2.75) is 84.1 Å². The lowest BCUT2D eigenvalue weighted by molar-refractivity contribution is -0.150. The zero-order valence-electron chi connectivity index (χ0n) is 25.3. The fourth-order valence-corrected chi connectivity index (χ4v) is 5.84. The zero-order valence-corrected chi connectivity index (χ0v) is 26.1. The molecule has 1 saturated heterocycles. The highest BCUT2D eigenvalue weighted by Crippen LogP contribution is 2.47. The summed E-state index contributed by atoms with van der Waals surface area (Å²) in [6.07, 6.45) is -3.06. The van der Waals surface area contributed by atoms with Crippen molar-refractivity contribution in [3.8, 4) is 5.88 Å². The molecule has 0 bridgehead atoms. The number of ether oxygens (including phenoxy) is 4. The number of carbonyl (C=O) groups is 2. The molecule has 242 valence electrons. The number of hydrogen-bond acceptors (Lipinski definition) is 15. The predicted octanol–water partition coefficient (Wildman–Crippen LogP) is 1.09. The van der Waals surface area contributed by atoms with Crippen molar-refractivity contribution >= 4 is 36.8 Å². The highest BCUT2D eigenvalue weighted by Gasteiger charge is 2.54. The van der Waals surface area contributed by atoms with E-state index in [0.717, 1.165) is 0 Å². The quantitative estimate of drug-likeness (QED) is 0.159. The van der Waals surface area contributed by atoms with Gasteiger partial charge in [-0.15, -0.1) is 0 Å². The van der Waals surface area contributed by atoms with Gasteiger partial charge in [-0.1, -0.05) is 13.8 Å². The Balaban J connectivity index is 1.86. The third-order valence-corrected chi connectivity index (χ3v) is 7.92. The number of anilines is 1. The number of aliphatic hydroxyl groups is 2. The summed E-state index contributed by atoms with van der Waals surface area (Å²) >= 11 is 0. The van der Waals surface area contributed by atoms with E-state index in [1.54, 1.807) is 20.8 Å². The van der Waals surface area contributed by atoms with Crippen LogP contribution in [0.15, 0.2) is 6.33 Å². The van der Waals surface area contributed by atoms with Gasteiger partial charge in [0.2, 0.25) is 11.8 Å². The van der Waals surface area contributed by atoms with Crippen molar-refractivity contribution in [1.29, 1.82) is 0 Å². The number of esters is 2. The summed E-state index contributed by atoms with van der Waals surface area (Å²) in [4.78, 5) is 37.2. The normalized spacial score (nSPS) is 24.3. The molecule has 3 rings (SSSR count). The van der Waals surface area contributed by atoms with Crippen molar-refractivity contribution in [3.63, 3.8) is 0 Å². The van der Waals surface area contributed by atoms with Gasteiger partial charge in [0, 0.05) is 0 Å². The van der Waals surface area contributed by atoms with Gasteiger partial charge >= 0.3 is 19.7 Å². The van der Waals surface area contributed by atoms with E-state index in [4.69, 9.17) is 33.7 Å². The number of nitrogens with zero attached hydrogens (tertiary/aromatic N) is 4. The number of rotatable bonds is 15. The summed E-state index contributed by atoms with van der Waals surface area (Å²) in [6, 6.07) is -1.13. The fraction of sp³-hybridized carbons (Fsp3) is 0.720. The first-order valence-electron chi connectivity index (χ1n) is 13.7. The van der Waals surface area contributed by atoms with Crippen molar-refractivity contribution in [1.82, 2.24) is 24.6 Å². The van der Waals surface area contributed by atoms with Gasteiger partial charge in [0.05, 0.1) is 32.8 Å². The highest BCUT2D eigenvalue weighted by molar-refractivity contribution is 7.51. The third kappa shape index (κ3) is 8.38. The van der Waals surface area contributed by atoms with Crippen LogP contribution < -0.4 is 15.6 Å². The molecule has 3 heterocycles. The van der Waals surface area contributed by atoms with Crippen molar-refractivity contribution in [2.24, 2.45) is 5.92 Å². The maximum atomic E-state index is 13.9. The molecule has 0 saturated carbocycles. The molecule has 0 spiro atoms. The molecular formula is C25H41N6O11P. The van der Waals surface area contributed by atoms with Gasteiger partial charge < -0.3 is 34.9 Å². The molecule has 0 amide bonds. The van der Waals surface area contributed by atoms with E-state index < -0.39 is 69.1 Å². The number of fused-ring (bicyclic) bond motifs is 1. The number of imidazole rings is 1. The summed E-state index contributed by atoms with van der Waals surface area (Å²) in [7, 11) is -3.08. The Labute approximate surface area is 248 Å². The second kappa shape index (κ2) is 14.2. The zero-order chi connectivity index (χ0) is 32.1. The number of hydrogen-bond donors (Lipinski definition) is 4. The SMILES string of the molecule is CCOC(=O)COP(=O)(N[C@@H](CC(C)C)C(=O)OC(C)C)OC[C@H]1O[C@@H](n2cnc3c(OC)nc(N)nc32)[C@](C)(O)C1O. The van der Waals surface area contributed by atoms with Gasteiger partial charge in [0.1, 0.15) is 23.9 Å². The van der Waals surface area contributed by atoms with E-state index in [1.807, 2.05) is 13.8 Å². The van der Waals surface area contributed by atoms with E-state index in [1.165, 1.54) is 24.9 Å². The van der Waals surface area contributed by atoms with Gasteiger partial charge in [-0.3, -0.25) is 18.4 Å². The minimum Gasteiger partial charge on any atom is -0.479 e. The minimum absolute atomic E-state index is 0.0342. The Morgan fingerprint density at radius 2 is 1.95 bits per heavy atom. The number of carbonyl (C=O) groups excluding carboxylic acids is 2.